The van der Waals surface area contributed by atoms with Crippen LogP contribution in [0.4, 0.5) is 0 Å². The van der Waals surface area contributed by atoms with E-state index in [1.807, 2.05) is 12.1 Å². The Balaban J connectivity index is 0.000000287. The Morgan fingerprint density at radius 2 is 0.526 bits per heavy atom. The maximum absolute atomic E-state index is 11.8. The van der Waals surface area contributed by atoms with Crippen LogP contribution >= 0.6 is 0 Å². The van der Waals surface area contributed by atoms with Crippen molar-refractivity contribution >= 4 is 5.78 Å². The number of aliphatic hydroxyl groups excluding tert-OH is 1. The lowest BCUT2D eigenvalue weighted by Gasteiger charge is -2.46. The van der Waals surface area contributed by atoms with Crippen molar-refractivity contribution in [2.75, 3.05) is 26.4 Å². The molecule has 6 rings (SSSR count). The van der Waals surface area contributed by atoms with E-state index in [0.717, 1.165) is 78.5 Å². The third-order valence-electron chi connectivity index (χ3n) is 16.9. The van der Waals surface area contributed by atoms with Crippen molar-refractivity contribution in [1.82, 2.24) is 0 Å². The van der Waals surface area contributed by atoms with E-state index in [1.54, 1.807) is 0 Å². The van der Waals surface area contributed by atoms with E-state index in [0.29, 0.717) is 16.6 Å². The van der Waals surface area contributed by atoms with Gasteiger partial charge in [0.25, 0.3) is 0 Å². The Morgan fingerprint density at radius 1 is 0.308 bits per heavy atom. The largest absolute Gasteiger partial charge is 0.393 e. The van der Waals surface area contributed by atoms with Crippen molar-refractivity contribution in [3.05, 3.63) is 144 Å². The molecule has 6 nitrogen and oxygen atoms in total. The van der Waals surface area contributed by atoms with Gasteiger partial charge in [-0.2, -0.15) is 0 Å². The fraction of sp³-hybridized carbons (Fsp3) is 0.653. The molecule has 0 aliphatic heterocycles. The molecule has 434 valence electrons. The van der Waals surface area contributed by atoms with E-state index >= 15 is 0 Å². The van der Waals surface area contributed by atoms with Crippen LogP contribution in [0.1, 0.15) is 253 Å². The lowest BCUT2D eigenvalue weighted by molar-refractivity contribution is -0.133. The number of hydrogen-bond donors (Lipinski definition) is 1. The van der Waals surface area contributed by atoms with Gasteiger partial charge in [-0.05, 0) is 97.3 Å². The zero-order chi connectivity index (χ0) is 54.5. The summed E-state index contributed by atoms with van der Waals surface area (Å²) in [6, 6.07) is 41.8. The van der Waals surface area contributed by atoms with Gasteiger partial charge < -0.3 is 24.1 Å². The van der Waals surface area contributed by atoms with Gasteiger partial charge in [0.15, 0.2) is 0 Å². The Morgan fingerprint density at radius 3 is 0.756 bits per heavy atom. The van der Waals surface area contributed by atoms with Crippen molar-refractivity contribution in [3.8, 4) is 0 Å². The first-order chi connectivity index (χ1) is 38.5. The van der Waals surface area contributed by atoms with E-state index in [4.69, 9.17) is 18.9 Å². The molecule has 0 heterocycles. The normalized spacial score (nSPS) is 14.7. The van der Waals surface area contributed by atoms with Gasteiger partial charge >= 0.3 is 0 Å². The Labute approximate surface area is 477 Å². The highest BCUT2D eigenvalue weighted by Crippen LogP contribution is 2.49. The predicted octanol–water partition coefficient (Wildman–Crippen LogP) is 19.8. The Kier molecular flexibility index (Phi) is 36.0. The molecule has 2 fully saturated rings. The van der Waals surface area contributed by atoms with E-state index in [-0.39, 0.29) is 6.10 Å². The monoisotopic (exact) mass is 1070 g/mol. The smallest absolute Gasteiger partial charge is 0.134 e. The summed E-state index contributed by atoms with van der Waals surface area (Å²) >= 11 is 0. The number of ether oxygens (including phenoxy) is 4. The maximum atomic E-state index is 11.8. The molecule has 2 saturated carbocycles. The van der Waals surface area contributed by atoms with Crippen LogP contribution in [0.5, 0.6) is 0 Å². The zero-order valence-corrected chi connectivity index (χ0v) is 49.2. The molecule has 0 saturated heterocycles. The molecule has 0 amide bonds. The van der Waals surface area contributed by atoms with Crippen LogP contribution in [0.3, 0.4) is 0 Å². The minimum Gasteiger partial charge on any atom is -0.393 e. The molecular weight excluding hydrogens is 961 g/mol. The third kappa shape index (κ3) is 31.4. The van der Waals surface area contributed by atoms with Crippen LogP contribution in [-0.4, -0.2) is 43.4 Å². The minimum absolute atomic E-state index is 0.0294. The number of hydrogen-bond acceptors (Lipinski definition) is 6. The van der Waals surface area contributed by atoms with Gasteiger partial charge in [-0.3, -0.25) is 4.79 Å². The number of aliphatic hydroxyl groups is 1. The van der Waals surface area contributed by atoms with Crippen LogP contribution in [0, 0.1) is 10.8 Å². The number of carbonyl (C=O) groups is 1. The lowest BCUT2D eigenvalue weighted by Crippen LogP contribution is -2.40. The number of unbranched alkanes of at least 4 members (excludes halogenated alkanes) is 24. The summed E-state index contributed by atoms with van der Waals surface area (Å²) in [5.74, 6) is 0.499. The lowest BCUT2D eigenvalue weighted by atomic mass is 9.61. The fourth-order valence-electron chi connectivity index (χ4n) is 12.1. The van der Waals surface area contributed by atoms with Crippen molar-refractivity contribution in [1.29, 1.82) is 0 Å². The molecule has 2 aliphatic rings. The van der Waals surface area contributed by atoms with E-state index in [2.05, 4.69) is 109 Å². The summed E-state index contributed by atoms with van der Waals surface area (Å²) < 4.78 is 23.2. The van der Waals surface area contributed by atoms with Gasteiger partial charge in [0.1, 0.15) is 5.78 Å². The van der Waals surface area contributed by atoms with Gasteiger partial charge in [-0.15, -0.1) is 0 Å². The second-order valence-electron chi connectivity index (χ2n) is 24.0. The Bertz CT molecular complexity index is 1830. The fourth-order valence-corrected chi connectivity index (χ4v) is 12.1. The highest BCUT2D eigenvalue weighted by molar-refractivity contribution is 5.86. The molecule has 6 heteroatoms. The highest BCUT2D eigenvalue weighted by atomic mass is 16.5. The zero-order valence-electron chi connectivity index (χ0n) is 49.2. The summed E-state index contributed by atoms with van der Waals surface area (Å²) in [6.45, 7) is 6.44. The van der Waals surface area contributed by atoms with Crippen LogP contribution in [-0.2, 0) is 50.2 Å². The summed E-state index contributed by atoms with van der Waals surface area (Å²) in [5.41, 5.74) is 5.88. The summed E-state index contributed by atoms with van der Waals surface area (Å²) in [4.78, 5) is 11.8. The van der Waals surface area contributed by atoms with Gasteiger partial charge in [0.05, 0.1) is 32.5 Å². The molecule has 0 aromatic heterocycles. The predicted molar refractivity (Wildman–Crippen MR) is 326 cm³/mol. The number of Topliss-reactive ketones (excluding diaryl/α,β-unsaturated/α-hetero) is 1. The number of carbonyl (C=O) groups excluding carboxylic acids is 1. The molecule has 0 radical (unpaired) electrons. The standard InChI is InChI=1S/C36H56O3.C36H54O3/c2*37-35-29-36(30-35,25-17-7-3-1-5-9-19-27-38-31-33-21-13-11-14-22-33)26-18-8-4-2-6-10-20-28-39-32-34-23-15-12-16-24-34/h11-16,21-24,35,37H,1-10,17-20,25-32H2;11-16,21-24H,1-10,17-20,25-32H2. The Hall–Kier alpha value is -3.65. The molecule has 0 spiro atoms. The van der Waals surface area contributed by atoms with Crippen molar-refractivity contribution in [3.63, 3.8) is 0 Å². The maximum Gasteiger partial charge on any atom is 0.134 e. The first-order valence-corrected chi connectivity index (χ1v) is 32.2. The molecular formula is C72H110O6. The van der Waals surface area contributed by atoms with Crippen molar-refractivity contribution in [2.24, 2.45) is 10.8 Å². The van der Waals surface area contributed by atoms with E-state index in [9.17, 15) is 9.90 Å². The van der Waals surface area contributed by atoms with Gasteiger partial charge in [-0.25, -0.2) is 0 Å². The molecule has 2 aliphatic carbocycles. The summed E-state index contributed by atoms with van der Waals surface area (Å²) in [7, 11) is 0. The molecule has 0 unspecified atom stereocenters. The first-order valence-electron chi connectivity index (χ1n) is 32.2. The van der Waals surface area contributed by atoms with E-state index in [1.165, 1.54) is 228 Å². The summed E-state index contributed by atoms with van der Waals surface area (Å²) in [5, 5.41) is 10.0. The SMILES string of the molecule is O=C1CC(CCCCCCCCCOCc2ccccc2)(CCCCCCCCCOCc2ccccc2)C1.OC1CC(CCCCCCCCCOCc2ccccc2)(CCCCCCCCCOCc2ccccc2)C1. The van der Waals surface area contributed by atoms with Gasteiger partial charge in [-0.1, -0.05) is 275 Å². The second kappa shape index (κ2) is 43.1. The van der Waals surface area contributed by atoms with Crippen LogP contribution in [0.25, 0.3) is 0 Å². The molecule has 4 aromatic carbocycles. The quantitative estimate of drug-likeness (QED) is 0.0444. The molecule has 4 aromatic rings. The topological polar surface area (TPSA) is 74.2 Å². The van der Waals surface area contributed by atoms with Crippen LogP contribution in [0.2, 0.25) is 0 Å². The number of rotatable bonds is 48. The highest BCUT2D eigenvalue weighted by Gasteiger charge is 2.42. The molecule has 0 atom stereocenters. The number of ketones is 1. The number of benzene rings is 4. The van der Waals surface area contributed by atoms with Crippen LogP contribution in [0.15, 0.2) is 121 Å². The van der Waals surface area contributed by atoms with Crippen molar-refractivity contribution < 1.29 is 28.8 Å². The average Bonchev–Trinajstić information content (AvgIpc) is 3.46. The van der Waals surface area contributed by atoms with Gasteiger partial charge in [0.2, 0.25) is 0 Å². The average molecular weight is 1070 g/mol. The van der Waals surface area contributed by atoms with Crippen LogP contribution < -0.4 is 0 Å². The summed E-state index contributed by atoms with van der Waals surface area (Å²) in [6.07, 6.45) is 45.6. The molecule has 78 heavy (non-hydrogen) atoms. The molecule has 1 N–H and O–H groups in total. The third-order valence-corrected chi connectivity index (χ3v) is 16.9. The second-order valence-corrected chi connectivity index (χ2v) is 24.0. The first kappa shape index (κ1) is 65.2. The van der Waals surface area contributed by atoms with E-state index < -0.39 is 0 Å². The van der Waals surface area contributed by atoms with Crippen molar-refractivity contribution in [2.45, 2.75) is 264 Å². The molecule has 0 bridgehead atoms. The minimum atomic E-state index is -0.0294. The van der Waals surface area contributed by atoms with Gasteiger partial charge in [0, 0.05) is 39.3 Å².